The van der Waals surface area contributed by atoms with Gasteiger partial charge >= 0.3 is 0 Å². The van der Waals surface area contributed by atoms with E-state index in [-0.39, 0.29) is 23.8 Å². The first-order valence-electron chi connectivity index (χ1n) is 8.53. The Hall–Kier alpha value is -2.54. The number of ether oxygens (including phenoxy) is 1. The van der Waals surface area contributed by atoms with Crippen molar-refractivity contribution in [3.8, 4) is 5.75 Å². The average Bonchev–Trinajstić information content (AvgIpc) is 2.64. The molecule has 26 heavy (non-hydrogen) atoms. The number of aromatic nitrogens is 2. The van der Waals surface area contributed by atoms with Crippen LogP contribution in [-0.4, -0.2) is 28.2 Å². The van der Waals surface area contributed by atoms with Gasteiger partial charge in [-0.15, -0.1) is 0 Å². The number of nitrogens with zero attached hydrogens (tertiary/aromatic N) is 1. The van der Waals surface area contributed by atoms with Crippen LogP contribution in [-0.2, 0) is 4.79 Å². The molecule has 7 heteroatoms. The van der Waals surface area contributed by atoms with Gasteiger partial charge in [0.2, 0.25) is 5.91 Å². The second-order valence-corrected chi connectivity index (χ2v) is 7.04. The van der Waals surface area contributed by atoms with Crippen molar-refractivity contribution in [1.29, 1.82) is 0 Å². The smallest absolute Gasteiger partial charge is 0.257 e. The summed E-state index contributed by atoms with van der Waals surface area (Å²) in [5, 5.41) is 3.27. The van der Waals surface area contributed by atoms with Crippen molar-refractivity contribution < 1.29 is 9.53 Å². The monoisotopic (exact) mass is 371 g/mol. The maximum absolute atomic E-state index is 12.7. The molecule has 0 radical (unpaired) electrons. The van der Waals surface area contributed by atoms with Gasteiger partial charge in [-0.3, -0.25) is 9.59 Å². The number of fused-ring (bicyclic) bond motifs is 1. The second-order valence-electron chi connectivity index (χ2n) is 5.96. The fraction of sp³-hybridized carbons (Fsp3) is 0.316. The van der Waals surface area contributed by atoms with Gasteiger partial charge in [0, 0.05) is 18.1 Å². The maximum Gasteiger partial charge on any atom is 0.257 e. The molecule has 1 amide bonds. The largest absolute Gasteiger partial charge is 0.490 e. The molecule has 136 valence electrons. The number of carbonyl (C=O) groups is 1. The van der Waals surface area contributed by atoms with Crippen LogP contribution in [0.15, 0.2) is 46.9 Å². The molecule has 2 aromatic rings. The maximum atomic E-state index is 12.7. The van der Waals surface area contributed by atoms with E-state index in [1.54, 1.807) is 6.08 Å². The molecule has 1 unspecified atom stereocenters. The van der Waals surface area contributed by atoms with Crippen LogP contribution in [0.3, 0.4) is 0 Å². The summed E-state index contributed by atoms with van der Waals surface area (Å²) >= 11 is 1.47. The number of rotatable bonds is 7. The van der Waals surface area contributed by atoms with Gasteiger partial charge in [0.25, 0.3) is 5.56 Å². The molecule has 2 N–H and O–H groups in total. The number of hydrogen-bond acceptors (Lipinski definition) is 5. The Bertz CT molecular complexity index is 861. The van der Waals surface area contributed by atoms with E-state index in [9.17, 15) is 9.59 Å². The molecule has 1 aliphatic heterocycles. The Morgan fingerprint density at radius 2 is 2.12 bits per heavy atom. The third-order valence-corrected chi connectivity index (χ3v) is 5.10. The summed E-state index contributed by atoms with van der Waals surface area (Å²) in [4.78, 5) is 32.1. The average molecular weight is 371 g/mol. The number of benzene rings is 1. The van der Waals surface area contributed by atoms with Crippen molar-refractivity contribution in [3.63, 3.8) is 0 Å². The van der Waals surface area contributed by atoms with Crippen LogP contribution in [0.25, 0.3) is 0 Å². The van der Waals surface area contributed by atoms with E-state index in [1.165, 1.54) is 11.8 Å². The molecule has 0 saturated heterocycles. The molecule has 0 saturated carbocycles. The molecule has 1 atom stereocenters. The van der Waals surface area contributed by atoms with Crippen LogP contribution in [0.5, 0.6) is 5.75 Å². The summed E-state index contributed by atoms with van der Waals surface area (Å²) in [6, 6.07) is 7.42. The molecule has 0 spiro atoms. The lowest BCUT2D eigenvalue weighted by molar-refractivity contribution is -0.116. The van der Waals surface area contributed by atoms with E-state index in [4.69, 9.17) is 4.74 Å². The Labute approximate surface area is 156 Å². The topological polar surface area (TPSA) is 84.1 Å². The molecular weight excluding hydrogens is 350 g/mol. The zero-order chi connectivity index (χ0) is 18.5. The fourth-order valence-corrected chi connectivity index (χ4v) is 3.57. The van der Waals surface area contributed by atoms with E-state index in [2.05, 4.69) is 28.8 Å². The minimum atomic E-state index is -0.325. The Morgan fingerprint density at radius 3 is 2.81 bits per heavy atom. The highest BCUT2D eigenvalue weighted by atomic mass is 32.2. The van der Waals surface area contributed by atoms with Gasteiger partial charge in [-0.25, -0.2) is 4.98 Å². The minimum absolute atomic E-state index is 0.140. The molecule has 3 rings (SSSR count). The number of H-pyrrole nitrogens is 1. The third-order valence-electron chi connectivity index (χ3n) is 4.02. The Kier molecular flexibility index (Phi) is 5.78. The van der Waals surface area contributed by atoms with Gasteiger partial charge in [0.05, 0.1) is 5.56 Å². The number of thioether (sulfide) groups is 1. The summed E-state index contributed by atoms with van der Waals surface area (Å²) in [5.74, 6) is 1.46. The standard InChI is InChI=1S/C19H21N3O3S/c1-3-9-25-13-7-5-12(6-8-13)14-11-15(23)20-17-16(14)18(24)22-19(21-17)26-10-4-2/h3,5-8,14H,1,4,9-11H2,2H3,(H2,20,21,22,23,24). The first kappa shape index (κ1) is 18.3. The van der Waals surface area contributed by atoms with Crippen LogP contribution < -0.4 is 15.6 Å². The lowest BCUT2D eigenvalue weighted by atomic mass is 9.87. The number of hydrogen-bond donors (Lipinski definition) is 2. The van der Waals surface area contributed by atoms with Crippen molar-refractivity contribution in [3.05, 3.63) is 58.4 Å². The minimum Gasteiger partial charge on any atom is -0.490 e. The molecule has 6 nitrogen and oxygen atoms in total. The van der Waals surface area contributed by atoms with Gasteiger partial charge in [-0.05, 0) is 24.1 Å². The quantitative estimate of drug-likeness (QED) is 0.443. The van der Waals surface area contributed by atoms with Crippen LogP contribution in [0, 0.1) is 0 Å². The van der Waals surface area contributed by atoms with Crippen LogP contribution >= 0.6 is 11.8 Å². The summed E-state index contributed by atoms with van der Waals surface area (Å²) < 4.78 is 5.48. The van der Waals surface area contributed by atoms with Crippen molar-refractivity contribution in [2.75, 3.05) is 17.7 Å². The molecule has 1 aliphatic rings. The second kappa shape index (κ2) is 8.23. The van der Waals surface area contributed by atoms with Gasteiger partial charge in [-0.1, -0.05) is 43.5 Å². The SMILES string of the molecule is C=CCOc1ccc(C2CC(=O)Nc3nc(SCCC)[nH]c(=O)c32)cc1. The Balaban J connectivity index is 1.94. The van der Waals surface area contributed by atoms with Crippen LogP contribution in [0.2, 0.25) is 0 Å². The van der Waals surface area contributed by atoms with E-state index in [1.807, 2.05) is 24.3 Å². The first-order valence-corrected chi connectivity index (χ1v) is 9.51. The highest BCUT2D eigenvalue weighted by Gasteiger charge is 2.30. The number of carbonyl (C=O) groups excluding carboxylic acids is 1. The number of nitrogens with one attached hydrogen (secondary N) is 2. The summed E-state index contributed by atoms with van der Waals surface area (Å²) in [7, 11) is 0. The molecular formula is C19H21N3O3S. The van der Waals surface area contributed by atoms with Crippen molar-refractivity contribution in [2.24, 2.45) is 0 Å². The number of aromatic amines is 1. The molecule has 0 aliphatic carbocycles. The predicted molar refractivity (Wildman–Crippen MR) is 103 cm³/mol. The van der Waals surface area contributed by atoms with E-state index < -0.39 is 0 Å². The summed E-state index contributed by atoms with van der Waals surface area (Å²) in [6.45, 7) is 6.10. The van der Waals surface area contributed by atoms with Crippen LogP contribution in [0.4, 0.5) is 5.82 Å². The molecule has 1 aromatic heterocycles. The molecule has 0 bridgehead atoms. The molecule has 1 aromatic carbocycles. The summed E-state index contributed by atoms with van der Waals surface area (Å²) in [5.41, 5.74) is 1.18. The molecule has 2 heterocycles. The normalized spacial score (nSPS) is 15.9. The number of amides is 1. The first-order chi connectivity index (χ1) is 12.6. The molecule has 0 fully saturated rings. The Morgan fingerprint density at radius 1 is 1.35 bits per heavy atom. The predicted octanol–water partition coefficient (Wildman–Crippen LogP) is 3.31. The fourth-order valence-electron chi connectivity index (χ4n) is 2.85. The highest BCUT2D eigenvalue weighted by molar-refractivity contribution is 7.99. The van der Waals surface area contributed by atoms with Gasteiger partial charge in [0.1, 0.15) is 18.2 Å². The third kappa shape index (κ3) is 3.99. The van der Waals surface area contributed by atoms with Crippen molar-refractivity contribution in [1.82, 2.24) is 9.97 Å². The van der Waals surface area contributed by atoms with Crippen molar-refractivity contribution >= 4 is 23.5 Å². The van der Waals surface area contributed by atoms with E-state index >= 15 is 0 Å². The van der Waals surface area contributed by atoms with E-state index in [0.29, 0.717) is 28.9 Å². The van der Waals surface area contributed by atoms with Gasteiger partial charge in [0.15, 0.2) is 5.16 Å². The highest BCUT2D eigenvalue weighted by Crippen LogP contribution is 2.35. The summed E-state index contributed by atoms with van der Waals surface area (Å²) in [6.07, 6.45) is 2.86. The van der Waals surface area contributed by atoms with Gasteiger partial charge in [-0.2, -0.15) is 0 Å². The lowest BCUT2D eigenvalue weighted by Gasteiger charge is -2.24. The van der Waals surface area contributed by atoms with Gasteiger partial charge < -0.3 is 15.0 Å². The zero-order valence-electron chi connectivity index (χ0n) is 14.6. The van der Waals surface area contributed by atoms with Crippen LogP contribution in [0.1, 0.15) is 36.8 Å². The lowest BCUT2D eigenvalue weighted by Crippen LogP contribution is -2.31. The zero-order valence-corrected chi connectivity index (χ0v) is 15.4. The number of anilines is 1. The van der Waals surface area contributed by atoms with Crippen molar-refractivity contribution in [2.45, 2.75) is 30.8 Å². The van der Waals surface area contributed by atoms with E-state index in [0.717, 1.165) is 17.7 Å².